The molecule has 0 bridgehead atoms. The summed E-state index contributed by atoms with van der Waals surface area (Å²) in [6.45, 7) is 48.6. The lowest BCUT2D eigenvalue weighted by molar-refractivity contribution is 0.215. The van der Waals surface area contributed by atoms with Crippen molar-refractivity contribution in [3.8, 4) is 0 Å². The molecule has 5 aromatic carbocycles. The van der Waals surface area contributed by atoms with Gasteiger partial charge in [-0.25, -0.2) is 0 Å². The molecule has 0 atom stereocenters. The van der Waals surface area contributed by atoms with Crippen molar-refractivity contribution in [2.75, 3.05) is 7.18 Å². The van der Waals surface area contributed by atoms with E-state index in [4.69, 9.17) is 21.1 Å². The molecule has 0 radical (unpaired) electrons. The van der Waals surface area contributed by atoms with E-state index in [1.54, 1.807) is 47.7 Å². The number of rotatable bonds is 6. The fourth-order valence-corrected chi connectivity index (χ4v) is 4.91. The maximum Gasteiger partial charge on any atom is 0.0785 e. The van der Waals surface area contributed by atoms with Crippen molar-refractivity contribution in [1.29, 1.82) is 0 Å². The molecule has 0 aliphatic carbocycles. The third-order valence-corrected chi connectivity index (χ3v) is 8.68. The first-order valence-corrected chi connectivity index (χ1v) is 28.1. The van der Waals surface area contributed by atoms with E-state index >= 15 is 0 Å². The maximum atomic E-state index is 9.50. The van der Waals surface area contributed by atoms with Crippen molar-refractivity contribution in [2.24, 2.45) is 5.73 Å². The van der Waals surface area contributed by atoms with E-state index in [2.05, 4.69) is 215 Å². The number of hydrogen-bond acceptors (Lipinski definition) is 5. The molecule has 5 nitrogen and oxygen atoms in total. The van der Waals surface area contributed by atoms with Crippen molar-refractivity contribution >= 4 is 0 Å². The Bertz CT molecular complexity index is 1510. The number of aliphatic hydroxyl groups excluding tert-OH is 3. The molecule has 0 unspecified atom stereocenters. The van der Waals surface area contributed by atoms with Gasteiger partial charge < -0.3 is 21.1 Å². The SMILES string of the molecule is CC.CC.CC(C)N.CC(C)O.CC(C)O.CC(C)O.CC(C)c1ccccc1.CC(C)c1ccccc1.CC(C)c1ccccc1.CC(C)c1ccccc1.CC(C)c1ccccc1.CC(C)c1cccnc1.CF. The van der Waals surface area contributed by atoms with Gasteiger partial charge in [0.25, 0.3) is 0 Å². The highest BCUT2D eigenvalue weighted by atomic mass is 19.1. The first kappa shape index (κ1) is 85.0. The van der Waals surface area contributed by atoms with Gasteiger partial charge in [-0.05, 0) is 123 Å². The van der Waals surface area contributed by atoms with E-state index < -0.39 is 0 Å². The zero-order chi connectivity index (χ0) is 60.5. The van der Waals surface area contributed by atoms with Crippen LogP contribution in [0.1, 0.15) is 235 Å². The van der Waals surface area contributed by atoms with Gasteiger partial charge in [0.15, 0.2) is 0 Å². The van der Waals surface area contributed by atoms with Crippen molar-refractivity contribution in [3.63, 3.8) is 0 Å². The average Bonchev–Trinajstić information content (AvgIpc) is 3.40. The number of hydrogen-bond donors (Lipinski definition) is 4. The quantitative estimate of drug-likeness (QED) is 0.133. The van der Waals surface area contributed by atoms with Crippen LogP contribution in [0.4, 0.5) is 4.39 Å². The number of nitrogens with two attached hydrogens (primary N) is 1. The zero-order valence-corrected chi connectivity index (χ0v) is 53.3. The normalized spacial score (nSPS) is 9.32. The van der Waals surface area contributed by atoms with Crippen LogP contribution in [-0.4, -0.2) is 51.8 Å². The molecule has 1 heterocycles. The van der Waals surface area contributed by atoms with Crippen molar-refractivity contribution in [2.45, 2.75) is 226 Å². The third-order valence-electron chi connectivity index (χ3n) is 8.68. The van der Waals surface area contributed by atoms with Crippen molar-refractivity contribution in [3.05, 3.63) is 210 Å². The Morgan fingerprint density at radius 2 is 0.421 bits per heavy atom. The van der Waals surface area contributed by atoms with Crippen LogP contribution in [0, 0.1) is 0 Å². The lowest BCUT2D eigenvalue weighted by Gasteiger charge is -2.01. The molecule has 5 N–H and O–H groups in total. The maximum absolute atomic E-state index is 9.50. The second-order valence-electron chi connectivity index (χ2n) is 19.8. The fraction of sp³-hybridized carbons (Fsp3) is 0.500. The zero-order valence-electron chi connectivity index (χ0n) is 53.3. The van der Waals surface area contributed by atoms with Crippen LogP contribution < -0.4 is 5.73 Å². The summed E-state index contributed by atoms with van der Waals surface area (Å²) >= 11 is 0. The molecule has 0 aliphatic rings. The first-order valence-electron chi connectivity index (χ1n) is 28.1. The lowest BCUT2D eigenvalue weighted by Crippen LogP contribution is -2.06. The highest BCUT2D eigenvalue weighted by Gasteiger charge is 1.97. The number of aromatic nitrogens is 1. The van der Waals surface area contributed by atoms with Crippen LogP contribution in [0.15, 0.2) is 176 Å². The summed E-state index contributed by atoms with van der Waals surface area (Å²) in [5.41, 5.74) is 13.5. The molecule has 434 valence electrons. The summed E-state index contributed by atoms with van der Waals surface area (Å²) in [7, 11) is 0.500. The van der Waals surface area contributed by atoms with E-state index in [9.17, 15) is 4.39 Å². The summed E-state index contributed by atoms with van der Waals surface area (Å²) in [4.78, 5) is 4.01. The number of benzene rings is 5. The Balaban J connectivity index is -0.000000140. The largest absolute Gasteiger partial charge is 0.394 e. The molecular weight excluding hydrogens is 936 g/mol. The predicted molar refractivity (Wildman–Crippen MR) is 342 cm³/mol. The highest BCUT2D eigenvalue weighted by molar-refractivity contribution is 5.20. The fourth-order valence-electron chi connectivity index (χ4n) is 4.91. The van der Waals surface area contributed by atoms with Crippen LogP contribution in [0.25, 0.3) is 0 Å². The van der Waals surface area contributed by atoms with Gasteiger partial charge in [-0.1, -0.05) is 282 Å². The second-order valence-corrected chi connectivity index (χ2v) is 19.8. The van der Waals surface area contributed by atoms with E-state index in [0.29, 0.717) is 48.7 Å². The number of halogens is 1. The van der Waals surface area contributed by atoms with Gasteiger partial charge in [-0.3, -0.25) is 9.37 Å². The van der Waals surface area contributed by atoms with E-state index in [1.807, 2.05) is 84.1 Å². The molecule has 6 aromatic rings. The van der Waals surface area contributed by atoms with Gasteiger partial charge in [-0.15, -0.1) is 0 Å². The average molecular weight is 1060 g/mol. The van der Waals surface area contributed by atoms with Gasteiger partial charge in [0.1, 0.15) is 0 Å². The highest BCUT2D eigenvalue weighted by Crippen LogP contribution is 2.15. The molecule has 1 aromatic heterocycles. The molecule has 0 aliphatic heterocycles. The van der Waals surface area contributed by atoms with Gasteiger partial charge in [-0.2, -0.15) is 0 Å². The molecule has 6 rings (SSSR count). The van der Waals surface area contributed by atoms with Gasteiger partial charge in [0.2, 0.25) is 0 Å². The standard InChI is InChI=1S/5C9H12.C8H11N.C3H9N.3C3H8O.2C2H6.CH3F/c5*1-8(2)9-6-4-3-5-7-9;1-7(2)8-4-3-5-9-6-8;4*1-3(2)4;3*1-2/h5*3-8H,1-2H3;3-7H,1-2H3;3H,4H2,1-2H3;3*3-4H,1-2H3;2*1-2H3;1H3. The monoisotopic (exact) mass is 1050 g/mol. The van der Waals surface area contributed by atoms with Crippen LogP contribution >= 0.6 is 0 Å². The Hall–Kier alpha value is -4.98. The Morgan fingerprint density at radius 3 is 0.500 bits per heavy atom. The Labute approximate surface area is 471 Å². The number of alkyl halides is 1. The van der Waals surface area contributed by atoms with Crippen LogP contribution in [0.5, 0.6) is 0 Å². The van der Waals surface area contributed by atoms with Crippen molar-refractivity contribution < 1.29 is 19.7 Å². The van der Waals surface area contributed by atoms with E-state index in [0.717, 1.165) is 0 Å². The van der Waals surface area contributed by atoms with Gasteiger partial charge in [0.05, 0.1) is 7.18 Å². The lowest BCUT2D eigenvalue weighted by atomic mass is 10.0. The van der Waals surface area contributed by atoms with E-state index in [1.165, 1.54) is 33.4 Å². The smallest absolute Gasteiger partial charge is 0.0785 e. The number of pyridine rings is 1. The summed E-state index contributed by atoms with van der Waals surface area (Å²) in [5, 5.41) is 24.2. The van der Waals surface area contributed by atoms with Crippen LogP contribution in [0.2, 0.25) is 0 Å². The van der Waals surface area contributed by atoms with Gasteiger partial charge >= 0.3 is 0 Å². The molecule has 0 saturated heterocycles. The van der Waals surface area contributed by atoms with Crippen molar-refractivity contribution in [1.82, 2.24) is 4.98 Å². The van der Waals surface area contributed by atoms with Gasteiger partial charge in [0, 0.05) is 30.7 Å². The topological polar surface area (TPSA) is 99.6 Å². The predicted octanol–water partition coefficient (Wildman–Crippen LogP) is 20.4. The molecule has 0 spiro atoms. The summed E-state index contributed by atoms with van der Waals surface area (Å²) in [6.07, 6.45) is 3.20. The molecule has 0 fully saturated rings. The van der Waals surface area contributed by atoms with Crippen LogP contribution in [-0.2, 0) is 0 Å². The number of aliphatic hydroxyl groups is 3. The molecule has 6 heteroatoms. The second kappa shape index (κ2) is 62.6. The van der Waals surface area contributed by atoms with E-state index in [-0.39, 0.29) is 18.3 Å². The minimum atomic E-state index is -0.167. The molecule has 76 heavy (non-hydrogen) atoms. The minimum Gasteiger partial charge on any atom is -0.394 e. The molecular formula is C70H119FN2O3. The Kier molecular flexibility index (Phi) is 69.9. The third kappa shape index (κ3) is 71.1. The minimum absolute atomic E-state index is 0.167. The molecule has 0 amide bonds. The Morgan fingerprint density at radius 1 is 0.289 bits per heavy atom. The summed E-state index contributed by atoms with van der Waals surface area (Å²) in [5.74, 6) is 3.89. The first-order chi connectivity index (χ1) is 35.8. The summed E-state index contributed by atoms with van der Waals surface area (Å²) in [6, 6.07) is 57.0. The number of nitrogens with zero attached hydrogens (tertiary/aromatic N) is 1. The molecule has 0 saturated carbocycles. The summed E-state index contributed by atoms with van der Waals surface area (Å²) < 4.78 is 9.50. The van der Waals surface area contributed by atoms with Crippen LogP contribution in [0.3, 0.4) is 0 Å².